The zero-order valence-corrected chi connectivity index (χ0v) is 14.6. The number of piperidine rings is 1. The second kappa shape index (κ2) is 6.23. The van der Waals surface area contributed by atoms with E-state index in [1.54, 1.807) is 18.2 Å². The van der Waals surface area contributed by atoms with Gasteiger partial charge in [0.15, 0.2) is 0 Å². The lowest BCUT2D eigenvalue weighted by atomic mass is 10.0. The zero-order chi connectivity index (χ0) is 18.4. The standard InChI is InChI=1S/C19H21N3O4/c1-10(11-2-3-11)20-17(24)12-4-5-14-13(8-12)9-22(19(14)26)15-6-7-16(23)21-18(15)25/h4-5,8,10-11,15H,2-3,6-7,9H2,1H3,(H,20,24)(H,21,23,25)/t10-,15?/m0/s1. The lowest BCUT2D eigenvalue weighted by Gasteiger charge is -2.29. The average molecular weight is 355 g/mol. The summed E-state index contributed by atoms with van der Waals surface area (Å²) in [6.07, 6.45) is 2.86. The van der Waals surface area contributed by atoms with E-state index < -0.39 is 11.9 Å². The van der Waals surface area contributed by atoms with E-state index in [-0.39, 0.29) is 36.7 Å². The number of carbonyl (C=O) groups is 4. The summed E-state index contributed by atoms with van der Waals surface area (Å²) in [5, 5.41) is 5.29. The predicted molar refractivity (Wildman–Crippen MR) is 92.1 cm³/mol. The zero-order valence-electron chi connectivity index (χ0n) is 14.6. The van der Waals surface area contributed by atoms with Crippen molar-refractivity contribution in [3.8, 4) is 0 Å². The Morgan fingerprint density at radius 2 is 2.00 bits per heavy atom. The van der Waals surface area contributed by atoms with Gasteiger partial charge >= 0.3 is 0 Å². The number of rotatable bonds is 4. The minimum absolute atomic E-state index is 0.140. The van der Waals surface area contributed by atoms with E-state index in [0.717, 1.165) is 18.4 Å². The van der Waals surface area contributed by atoms with Gasteiger partial charge in [0.2, 0.25) is 11.8 Å². The van der Waals surface area contributed by atoms with E-state index in [2.05, 4.69) is 10.6 Å². The highest BCUT2D eigenvalue weighted by atomic mass is 16.2. The molecule has 1 saturated carbocycles. The van der Waals surface area contributed by atoms with Crippen molar-refractivity contribution in [2.45, 2.75) is 51.2 Å². The number of nitrogens with one attached hydrogen (secondary N) is 2. The van der Waals surface area contributed by atoms with Crippen LogP contribution in [-0.2, 0) is 16.1 Å². The van der Waals surface area contributed by atoms with Gasteiger partial charge in [-0.05, 0) is 55.9 Å². The minimum Gasteiger partial charge on any atom is -0.349 e. The molecule has 2 heterocycles. The van der Waals surface area contributed by atoms with Crippen LogP contribution in [0.25, 0.3) is 0 Å². The van der Waals surface area contributed by atoms with Gasteiger partial charge in [-0.25, -0.2) is 0 Å². The number of hydrogen-bond acceptors (Lipinski definition) is 4. The molecule has 0 radical (unpaired) electrons. The molecule has 26 heavy (non-hydrogen) atoms. The molecule has 1 aromatic rings. The van der Waals surface area contributed by atoms with Crippen molar-refractivity contribution in [1.29, 1.82) is 0 Å². The van der Waals surface area contributed by atoms with Crippen LogP contribution >= 0.6 is 0 Å². The minimum atomic E-state index is -0.639. The van der Waals surface area contributed by atoms with Crippen LogP contribution in [0.1, 0.15) is 58.9 Å². The number of hydrogen-bond donors (Lipinski definition) is 2. The van der Waals surface area contributed by atoms with Crippen LogP contribution in [0.15, 0.2) is 18.2 Å². The number of amides is 4. The van der Waals surface area contributed by atoms with Crippen molar-refractivity contribution in [1.82, 2.24) is 15.5 Å². The van der Waals surface area contributed by atoms with Crippen molar-refractivity contribution in [3.05, 3.63) is 34.9 Å². The first-order valence-corrected chi connectivity index (χ1v) is 9.02. The average Bonchev–Trinajstić information content (AvgIpc) is 3.40. The van der Waals surface area contributed by atoms with E-state index in [1.165, 1.54) is 4.90 Å². The molecule has 2 fully saturated rings. The van der Waals surface area contributed by atoms with Gasteiger partial charge in [-0.1, -0.05) is 0 Å². The Balaban J connectivity index is 1.50. The Morgan fingerprint density at radius 1 is 1.23 bits per heavy atom. The van der Waals surface area contributed by atoms with Crippen molar-refractivity contribution in [2.24, 2.45) is 5.92 Å². The molecule has 7 nitrogen and oxygen atoms in total. The molecule has 2 atom stereocenters. The molecule has 1 aliphatic carbocycles. The predicted octanol–water partition coefficient (Wildman–Crippen LogP) is 0.976. The fourth-order valence-corrected chi connectivity index (χ4v) is 3.72. The van der Waals surface area contributed by atoms with Crippen LogP contribution in [0.3, 0.4) is 0 Å². The monoisotopic (exact) mass is 355 g/mol. The molecule has 0 aromatic heterocycles. The van der Waals surface area contributed by atoms with Crippen molar-refractivity contribution >= 4 is 23.6 Å². The van der Waals surface area contributed by atoms with Crippen LogP contribution in [-0.4, -0.2) is 40.6 Å². The molecule has 1 unspecified atom stereocenters. The van der Waals surface area contributed by atoms with Gasteiger partial charge in [0.25, 0.3) is 11.8 Å². The molecule has 0 bridgehead atoms. The second-order valence-corrected chi connectivity index (χ2v) is 7.37. The molecule has 2 aliphatic heterocycles. The molecular weight excluding hydrogens is 334 g/mol. The summed E-state index contributed by atoms with van der Waals surface area (Å²) in [5.41, 5.74) is 1.78. The summed E-state index contributed by atoms with van der Waals surface area (Å²) in [5.74, 6) is -0.539. The van der Waals surface area contributed by atoms with Gasteiger partial charge in [0.1, 0.15) is 6.04 Å². The third-order valence-electron chi connectivity index (χ3n) is 5.47. The summed E-state index contributed by atoms with van der Waals surface area (Å²) in [6, 6.07) is 4.55. The number of carbonyl (C=O) groups excluding carboxylic acids is 4. The Hall–Kier alpha value is -2.70. The van der Waals surface area contributed by atoms with Crippen LogP contribution in [0, 0.1) is 5.92 Å². The lowest BCUT2D eigenvalue weighted by molar-refractivity contribution is -0.136. The topological polar surface area (TPSA) is 95.6 Å². The second-order valence-electron chi connectivity index (χ2n) is 7.37. The van der Waals surface area contributed by atoms with Gasteiger partial charge in [-0.3, -0.25) is 24.5 Å². The van der Waals surface area contributed by atoms with Gasteiger partial charge in [-0.2, -0.15) is 0 Å². The maximum absolute atomic E-state index is 12.6. The van der Waals surface area contributed by atoms with E-state index in [9.17, 15) is 19.2 Å². The summed E-state index contributed by atoms with van der Waals surface area (Å²) in [4.78, 5) is 49.9. The van der Waals surface area contributed by atoms with E-state index >= 15 is 0 Å². The lowest BCUT2D eigenvalue weighted by Crippen LogP contribution is -2.52. The van der Waals surface area contributed by atoms with Crippen LogP contribution < -0.4 is 10.6 Å². The number of nitrogens with zero attached hydrogens (tertiary/aromatic N) is 1. The molecule has 0 spiro atoms. The molecule has 3 aliphatic rings. The van der Waals surface area contributed by atoms with Crippen LogP contribution in [0.2, 0.25) is 0 Å². The highest BCUT2D eigenvalue weighted by Crippen LogP contribution is 2.32. The SMILES string of the molecule is C[C@H](NC(=O)c1ccc2c(c1)CN(C1CCC(=O)NC1=O)C2=O)C1CC1. The molecule has 4 amide bonds. The van der Waals surface area contributed by atoms with E-state index in [4.69, 9.17) is 0 Å². The van der Waals surface area contributed by atoms with Gasteiger partial charge in [-0.15, -0.1) is 0 Å². The summed E-state index contributed by atoms with van der Waals surface area (Å²) >= 11 is 0. The van der Waals surface area contributed by atoms with Gasteiger partial charge < -0.3 is 10.2 Å². The molecule has 1 aromatic carbocycles. The number of imide groups is 1. The third kappa shape index (κ3) is 2.98. The maximum Gasteiger partial charge on any atom is 0.255 e. The molecule has 2 N–H and O–H groups in total. The normalized spacial score (nSPS) is 23.5. The van der Waals surface area contributed by atoms with Crippen molar-refractivity contribution in [2.75, 3.05) is 0 Å². The molecular formula is C19H21N3O4. The maximum atomic E-state index is 12.6. The Kier molecular flexibility index (Phi) is 4.01. The van der Waals surface area contributed by atoms with Crippen LogP contribution in [0.4, 0.5) is 0 Å². The smallest absolute Gasteiger partial charge is 0.255 e. The summed E-state index contributed by atoms with van der Waals surface area (Å²) in [6.45, 7) is 2.29. The molecule has 4 rings (SSSR count). The third-order valence-corrected chi connectivity index (χ3v) is 5.47. The Bertz CT molecular complexity index is 815. The quantitative estimate of drug-likeness (QED) is 0.787. The first-order valence-electron chi connectivity index (χ1n) is 9.02. The van der Waals surface area contributed by atoms with E-state index in [0.29, 0.717) is 23.5 Å². The first kappa shape index (κ1) is 16.8. The van der Waals surface area contributed by atoms with Crippen molar-refractivity contribution in [3.63, 3.8) is 0 Å². The Morgan fingerprint density at radius 3 is 2.69 bits per heavy atom. The highest BCUT2D eigenvalue weighted by molar-refractivity contribution is 6.06. The van der Waals surface area contributed by atoms with Crippen molar-refractivity contribution < 1.29 is 19.2 Å². The van der Waals surface area contributed by atoms with Crippen LogP contribution in [0.5, 0.6) is 0 Å². The van der Waals surface area contributed by atoms with Gasteiger partial charge in [0, 0.05) is 30.1 Å². The van der Waals surface area contributed by atoms with Gasteiger partial charge in [0.05, 0.1) is 0 Å². The summed E-state index contributed by atoms with van der Waals surface area (Å²) < 4.78 is 0. The fraction of sp³-hybridized carbons (Fsp3) is 0.474. The van der Waals surface area contributed by atoms with E-state index in [1.807, 2.05) is 6.92 Å². The molecule has 1 saturated heterocycles. The highest BCUT2D eigenvalue weighted by Gasteiger charge is 2.39. The molecule has 7 heteroatoms. The number of benzene rings is 1. The largest absolute Gasteiger partial charge is 0.349 e. The fourth-order valence-electron chi connectivity index (χ4n) is 3.72. The first-order chi connectivity index (χ1) is 12.4. The summed E-state index contributed by atoms with van der Waals surface area (Å²) in [7, 11) is 0. The molecule has 136 valence electrons. The number of fused-ring (bicyclic) bond motifs is 1. The Labute approximate surface area is 151 Å².